The molecule has 1 N–H and O–H groups in total. The molecule has 0 aliphatic carbocycles. The lowest BCUT2D eigenvalue weighted by molar-refractivity contribution is 0.168. The van der Waals surface area contributed by atoms with Crippen molar-refractivity contribution in [1.29, 1.82) is 0 Å². The summed E-state index contributed by atoms with van der Waals surface area (Å²) in [6.07, 6.45) is -0.478. The Morgan fingerprint density at radius 2 is 1.82 bits per heavy atom. The molecule has 0 bridgehead atoms. The van der Waals surface area contributed by atoms with Crippen molar-refractivity contribution >= 4 is 17.7 Å². The van der Waals surface area contributed by atoms with Crippen molar-refractivity contribution < 1.29 is 19.0 Å². The van der Waals surface area contributed by atoms with E-state index in [0.29, 0.717) is 35.4 Å². The molecule has 0 atom stereocenters. The molecule has 0 spiro atoms. The number of hydrogen-bond donors (Lipinski definition) is 1. The molecule has 0 aliphatic heterocycles. The number of rotatable bonds is 6. The standard InChI is InChI=1S/C16H16ClNO4/c1-20-16(19)18-9-10-21-13-5-7-14(8-6-13)22-15-4-2-3-12(17)11-15/h2-8,11H,9-10H2,1H3,(H,18,19). The minimum Gasteiger partial charge on any atom is -0.492 e. The summed E-state index contributed by atoms with van der Waals surface area (Å²) < 4.78 is 15.6. The zero-order chi connectivity index (χ0) is 15.8. The highest BCUT2D eigenvalue weighted by atomic mass is 35.5. The maximum atomic E-state index is 10.9. The Morgan fingerprint density at radius 3 is 2.50 bits per heavy atom. The van der Waals surface area contributed by atoms with Gasteiger partial charge in [0.25, 0.3) is 0 Å². The zero-order valence-corrected chi connectivity index (χ0v) is 12.8. The largest absolute Gasteiger partial charge is 0.492 e. The van der Waals surface area contributed by atoms with Crippen LogP contribution in [0.2, 0.25) is 5.02 Å². The summed E-state index contributed by atoms with van der Waals surface area (Å²) in [5.41, 5.74) is 0. The third kappa shape index (κ3) is 5.18. The normalized spacial score (nSPS) is 9.91. The van der Waals surface area contributed by atoms with Crippen LogP contribution in [0.3, 0.4) is 0 Å². The van der Waals surface area contributed by atoms with E-state index in [1.54, 1.807) is 36.4 Å². The Morgan fingerprint density at radius 1 is 1.09 bits per heavy atom. The molecule has 0 unspecified atom stereocenters. The molecule has 116 valence electrons. The van der Waals surface area contributed by atoms with Crippen LogP contribution in [0.25, 0.3) is 0 Å². The molecule has 0 fully saturated rings. The maximum Gasteiger partial charge on any atom is 0.406 e. The highest BCUT2D eigenvalue weighted by Gasteiger charge is 2.01. The van der Waals surface area contributed by atoms with Crippen molar-refractivity contribution in [2.75, 3.05) is 20.3 Å². The molecule has 2 aromatic rings. The average molecular weight is 322 g/mol. The first-order chi connectivity index (χ1) is 10.7. The number of benzene rings is 2. The summed E-state index contributed by atoms with van der Waals surface area (Å²) in [4.78, 5) is 10.9. The van der Waals surface area contributed by atoms with Crippen molar-refractivity contribution in [2.45, 2.75) is 0 Å². The average Bonchev–Trinajstić information content (AvgIpc) is 2.53. The van der Waals surface area contributed by atoms with E-state index < -0.39 is 6.09 Å². The number of methoxy groups -OCH3 is 1. The topological polar surface area (TPSA) is 56.8 Å². The third-order valence-electron chi connectivity index (χ3n) is 2.68. The molecule has 2 rings (SSSR count). The van der Waals surface area contributed by atoms with Crippen LogP contribution >= 0.6 is 11.6 Å². The van der Waals surface area contributed by atoms with Crippen molar-refractivity contribution in [1.82, 2.24) is 5.32 Å². The number of ether oxygens (including phenoxy) is 3. The Labute approximate surface area is 133 Å². The van der Waals surface area contributed by atoms with E-state index in [4.69, 9.17) is 21.1 Å². The SMILES string of the molecule is COC(=O)NCCOc1ccc(Oc2cccc(Cl)c2)cc1. The van der Waals surface area contributed by atoms with Crippen LogP contribution in [0.1, 0.15) is 0 Å². The fourth-order valence-corrected chi connectivity index (χ4v) is 1.84. The van der Waals surface area contributed by atoms with Gasteiger partial charge >= 0.3 is 6.09 Å². The van der Waals surface area contributed by atoms with E-state index in [9.17, 15) is 4.79 Å². The highest BCUT2D eigenvalue weighted by molar-refractivity contribution is 6.30. The van der Waals surface area contributed by atoms with Gasteiger partial charge in [0.15, 0.2) is 0 Å². The van der Waals surface area contributed by atoms with E-state index in [1.807, 2.05) is 12.1 Å². The minimum absolute atomic E-state index is 0.351. The summed E-state index contributed by atoms with van der Waals surface area (Å²) >= 11 is 5.90. The zero-order valence-electron chi connectivity index (χ0n) is 12.0. The predicted molar refractivity (Wildman–Crippen MR) is 83.9 cm³/mol. The van der Waals surface area contributed by atoms with Gasteiger partial charge in [-0.1, -0.05) is 17.7 Å². The van der Waals surface area contributed by atoms with Crippen LogP contribution in [0.15, 0.2) is 48.5 Å². The lowest BCUT2D eigenvalue weighted by atomic mass is 10.3. The molecule has 0 aromatic heterocycles. The minimum atomic E-state index is -0.478. The van der Waals surface area contributed by atoms with Gasteiger partial charge in [0.2, 0.25) is 0 Å². The molecule has 22 heavy (non-hydrogen) atoms. The quantitative estimate of drug-likeness (QED) is 0.821. The number of hydrogen-bond acceptors (Lipinski definition) is 4. The Hall–Kier alpha value is -2.40. The van der Waals surface area contributed by atoms with Gasteiger partial charge in [0, 0.05) is 5.02 Å². The van der Waals surface area contributed by atoms with Crippen LogP contribution in [-0.2, 0) is 4.74 Å². The van der Waals surface area contributed by atoms with Crippen LogP contribution in [0.5, 0.6) is 17.2 Å². The second-order valence-corrected chi connectivity index (χ2v) is 4.73. The van der Waals surface area contributed by atoms with Crippen LogP contribution in [0.4, 0.5) is 4.79 Å². The van der Waals surface area contributed by atoms with Gasteiger partial charge in [0.1, 0.15) is 23.9 Å². The predicted octanol–water partition coefficient (Wildman–Crippen LogP) is 3.87. The second kappa shape index (κ2) is 8.14. The molecular weight excluding hydrogens is 306 g/mol. The smallest absolute Gasteiger partial charge is 0.406 e. The first kappa shape index (κ1) is 16.0. The van der Waals surface area contributed by atoms with E-state index in [-0.39, 0.29) is 0 Å². The first-order valence-corrected chi connectivity index (χ1v) is 7.03. The van der Waals surface area contributed by atoms with Gasteiger partial charge in [-0.3, -0.25) is 0 Å². The lowest BCUT2D eigenvalue weighted by Crippen LogP contribution is -2.27. The summed E-state index contributed by atoms with van der Waals surface area (Å²) in [7, 11) is 1.31. The van der Waals surface area contributed by atoms with Crippen molar-refractivity contribution in [3.05, 3.63) is 53.6 Å². The monoisotopic (exact) mass is 321 g/mol. The number of alkyl carbamates (subject to hydrolysis) is 1. The van der Waals surface area contributed by atoms with E-state index in [0.717, 1.165) is 0 Å². The summed E-state index contributed by atoms with van der Waals surface area (Å²) in [5.74, 6) is 2.04. The number of nitrogens with one attached hydrogen (secondary N) is 1. The van der Waals surface area contributed by atoms with Crippen LogP contribution < -0.4 is 14.8 Å². The summed E-state index contributed by atoms with van der Waals surface area (Å²) in [6, 6.07) is 14.3. The van der Waals surface area contributed by atoms with Gasteiger partial charge in [0.05, 0.1) is 13.7 Å². The van der Waals surface area contributed by atoms with Crippen LogP contribution in [0, 0.1) is 0 Å². The Bertz CT molecular complexity index is 616. The molecule has 0 heterocycles. The molecular formula is C16H16ClNO4. The molecule has 5 nitrogen and oxygen atoms in total. The van der Waals surface area contributed by atoms with Gasteiger partial charge in [-0.2, -0.15) is 0 Å². The molecule has 0 saturated heterocycles. The Kier molecular flexibility index (Phi) is 5.91. The highest BCUT2D eigenvalue weighted by Crippen LogP contribution is 2.25. The Balaban J connectivity index is 1.81. The first-order valence-electron chi connectivity index (χ1n) is 6.65. The number of carbonyl (C=O) groups is 1. The number of halogens is 1. The van der Waals surface area contributed by atoms with Gasteiger partial charge in [-0.25, -0.2) is 4.79 Å². The molecule has 0 saturated carbocycles. The van der Waals surface area contributed by atoms with Gasteiger partial charge in [-0.05, 0) is 42.5 Å². The van der Waals surface area contributed by atoms with Gasteiger partial charge < -0.3 is 19.5 Å². The van der Waals surface area contributed by atoms with E-state index in [1.165, 1.54) is 7.11 Å². The summed E-state index contributed by atoms with van der Waals surface area (Å²) in [5, 5.41) is 3.15. The van der Waals surface area contributed by atoms with E-state index >= 15 is 0 Å². The van der Waals surface area contributed by atoms with Crippen molar-refractivity contribution in [3.63, 3.8) is 0 Å². The fraction of sp³-hybridized carbons (Fsp3) is 0.188. The second-order valence-electron chi connectivity index (χ2n) is 4.30. The number of carbonyl (C=O) groups excluding carboxylic acids is 1. The van der Waals surface area contributed by atoms with Crippen molar-refractivity contribution in [3.8, 4) is 17.2 Å². The number of amides is 1. The molecule has 2 aromatic carbocycles. The van der Waals surface area contributed by atoms with Crippen molar-refractivity contribution in [2.24, 2.45) is 0 Å². The third-order valence-corrected chi connectivity index (χ3v) is 2.92. The molecule has 0 aliphatic rings. The molecule has 1 amide bonds. The van der Waals surface area contributed by atoms with E-state index in [2.05, 4.69) is 10.1 Å². The van der Waals surface area contributed by atoms with Crippen LogP contribution in [-0.4, -0.2) is 26.4 Å². The van der Waals surface area contributed by atoms with Gasteiger partial charge in [-0.15, -0.1) is 0 Å². The molecule has 6 heteroatoms. The summed E-state index contributed by atoms with van der Waals surface area (Å²) in [6.45, 7) is 0.719. The molecule has 0 radical (unpaired) electrons. The fourth-order valence-electron chi connectivity index (χ4n) is 1.66. The maximum absolute atomic E-state index is 10.9. The lowest BCUT2D eigenvalue weighted by Gasteiger charge is -2.09.